The van der Waals surface area contributed by atoms with E-state index < -0.39 is 33.6 Å². The summed E-state index contributed by atoms with van der Waals surface area (Å²) >= 11 is 0. The van der Waals surface area contributed by atoms with E-state index in [0.717, 1.165) is 25.0 Å². The van der Waals surface area contributed by atoms with Crippen LogP contribution < -0.4 is 10.0 Å². The van der Waals surface area contributed by atoms with Crippen molar-refractivity contribution in [1.82, 2.24) is 10.0 Å². The molecule has 5 nitrogen and oxygen atoms in total. The van der Waals surface area contributed by atoms with E-state index in [4.69, 9.17) is 0 Å². The molecule has 2 N–H and O–H groups in total. The molecule has 0 aromatic heterocycles. The van der Waals surface area contributed by atoms with E-state index in [-0.39, 0.29) is 22.1 Å². The summed E-state index contributed by atoms with van der Waals surface area (Å²) in [6.45, 7) is 1.56. The molecule has 0 heterocycles. The second-order valence-electron chi connectivity index (χ2n) is 6.28. The number of carbonyl (C=O) groups excluding carboxylic acids is 1. The van der Waals surface area contributed by atoms with Crippen LogP contribution in [0.2, 0.25) is 0 Å². The lowest BCUT2D eigenvalue weighted by atomic mass is 10.1. The number of carbonyl (C=O) groups is 1. The SMILES string of the molecule is CC(NC(=O)c1cccc(S(=O)(=O)NC2CC2)c1)c1ccc(F)cc1F. The largest absolute Gasteiger partial charge is 0.345 e. The Balaban J connectivity index is 1.76. The Morgan fingerprint density at radius 3 is 2.54 bits per heavy atom. The lowest BCUT2D eigenvalue weighted by molar-refractivity contribution is 0.0939. The standard InChI is InChI=1S/C18H18F2N2O3S/c1-11(16-8-5-13(19)10-17(16)20)21-18(23)12-3-2-4-15(9-12)26(24,25)22-14-6-7-14/h2-5,8-11,14,22H,6-7H2,1H3,(H,21,23). The van der Waals surface area contributed by atoms with E-state index >= 15 is 0 Å². The smallest absolute Gasteiger partial charge is 0.251 e. The molecule has 0 radical (unpaired) electrons. The number of sulfonamides is 1. The average molecular weight is 380 g/mol. The van der Waals surface area contributed by atoms with Gasteiger partial charge in [-0.05, 0) is 44.0 Å². The molecular weight excluding hydrogens is 362 g/mol. The fraction of sp³-hybridized carbons (Fsp3) is 0.278. The molecule has 1 aliphatic carbocycles. The van der Waals surface area contributed by atoms with Gasteiger partial charge in [-0.15, -0.1) is 0 Å². The molecule has 8 heteroatoms. The molecule has 3 rings (SSSR count). The van der Waals surface area contributed by atoms with Gasteiger partial charge in [0, 0.05) is 23.2 Å². The molecule has 0 saturated heterocycles. The molecule has 1 unspecified atom stereocenters. The van der Waals surface area contributed by atoms with Gasteiger partial charge in [0.1, 0.15) is 11.6 Å². The minimum absolute atomic E-state index is 0.00216. The first-order valence-corrected chi connectivity index (χ1v) is 9.63. The van der Waals surface area contributed by atoms with Gasteiger partial charge in [0.2, 0.25) is 10.0 Å². The van der Waals surface area contributed by atoms with E-state index in [1.807, 2.05) is 0 Å². The predicted molar refractivity (Wildman–Crippen MR) is 92.0 cm³/mol. The maximum absolute atomic E-state index is 13.8. The van der Waals surface area contributed by atoms with Gasteiger partial charge < -0.3 is 5.32 Å². The Hall–Kier alpha value is -2.32. The van der Waals surface area contributed by atoms with Gasteiger partial charge in [0.15, 0.2) is 0 Å². The highest BCUT2D eigenvalue weighted by atomic mass is 32.2. The van der Waals surface area contributed by atoms with Gasteiger partial charge in [-0.25, -0.2) is 21.9 Å². The molecule has 26 heavy (non-hydrogen) atoms. The summed E-state index contributed by atoms with van der Waals surface area (Å²) in [5, 5.41) is 2.59. The maximum Gasteiger partial charge on any atom is 0.251 e. The molecule has 0 spiro atoms. The van der Waals surface area contributed by atoms with Gasteiger partial charge in [0.25, 0.3) is 5.91 Å². The predicted octanol–water partition coefficient (Wildman–Crippen LogP) is 2.90. The quantitative estimate of drug-likeness (QED) is 0.809. The number of benzene rings is 2. The molecule has 138 valence electrons. The van der Waals surface area contributed by atoms with Crippen LogP contribution in [0.3, 0.4) is 0 Å². The summed E-state index contributed by atoms with van der Waals surface area (Å²) < 4.78 is 53.9. The van der Waals surface area contributed by atoms with E-state index in [1.165, 1.54) is 30.3 Å². The molecule has 0 aliphatic heterocycles. The topological polar surface area (TPSA) is 75.3 Å². The van der Waals surface area contributed by atoms with Gasteiger partial charge in [0.05, 0.1) is 10.9 Å². The third-order valence-electron chi connectivity index (χ3n) is 4.08. The van der Waals surface area contributed by atoms with Crippen molar-refractivity contribution in [3.05, 3.63) is 65.2 Å². The van der Waals surface area contributed by atoms with Crippen molar-refractivity contribution in [3.63, 3.8) is 0 Å². The maximum atomic E-state index is 13.8. The number of rotatable bonds is 6. The summed E-state index contributed by atoms with van der Waals surface area (Å²) in [5.74, 6) is -2.02. The molecule has 0 bridgehead atoms. The van der Waals surface area contributed by atoms with Crippen LogP contribution in [0.15, 0.2) is 47.4 Å². The van der Waals surface area contributed by atoms with Crippen LogP contribution in [0, 0.1) is 11.6 Å². The molecular formula is C18H18F2N2O3S. The highest BCUT2D eigenvalue weighted by molar-refractivity contribution is 7.89. The Bertz CT molecular complexity index is 943. The molecule has 2 aromatic carbocycles. The van der Waals surface area contributed by atoms with Gasteiger partial charge in [-0.3, -0.25) is 4.79 Å². The lowest BCUT2D eigenvalue weighted by Gasteiger charge is -2.15. The zero-order chi connectivity index (χ0) is 18.9. The van der Waals surface area contributed by atoms with Crippen molar-refractivity contribution in [2.24, 2.45) is 0 Å². The van der Waals surface area contributed by atoms with Crippen molar-refractivity contribution in [1.29, 1.82) is 0 Å². The zero-order valence-corrected chi connectivity index (χ0v) is 14.8. The normalized spacial score (nSPS) is 15.5. The molecule has 2 aromatic rings. The molecule has 1 atom stereocenters. The zero-order valence-electron chi connectivity index (χ0n) is 14.0. The Morgan fingerprint density at radius 2 is 1.88 bits per heavy atom. The van der Waals surface area contributed by atoms with Crippen LogP contribution in [-0.4, -0.2) is 20.4 Å². The fourth-order valence-corrected chi connectivity index (χ4v) is 3.85. The van der Waals surface area contributed by atoms with E-state index in [2.05, 4.69) is 10.0 Å². The van der Waals surface area contributed by atoms with Gasteiger partial charge in [-0.2, -0.15) is 0 Å². The number of amides is 1. The highest BCUT2D eigenvalue weighted by Crippen LogP contribution is 2.23. The first-order valence-electron chi connectivity index (χ1n) is 8.14. The Kier molecular flexibility index (Phi) is 5.06. The van der Waals surface area contributed by atoms with Crippen LogP contribution in [0.4, 0.5) is 8.78 Å². The van der Waals surface area contributed by atoms with E-state index in [0.29, 0.717) is 0 Å². The minimum atomic E-state index is -3.68. The Morgan fingerprint density at radius 1 is 1.15 bits per heavy atom. The van der Waals surface area contributed by atoms with Crippen molar-refractivity contribution in [2.75, 3.05) is 0 Å². The van der Waals surface area contributed by atoms with Crippen molar-refractivity contribution in [3.8, 4) is 0 Å². The van der Waals surface area contributed by atoms with Crippen LogP contribution in [0.5, 0.6) is 0 Å². The molecule has 1 saturated carbocycles. The van der Waals surface area contributed by atoms with Crippen LogP contribution >= 0.6 is 0 Å². The highest BCUT2D eigenvalue weighted by Gasteiger charge is 2.28. The lowest BCUT2D eigenvalue weighted by Crippen LogP contribution is -2.28. The monoisotopic (exact) mass is 380 g/mol. The summed E-state index contributed by atoms with van der Waals surface area (Å²) in [6.07, 6.45) is 1.61. The fourth-order valence-electron chi connectivity index (χ4n) is 2.50. The second kappa shape index (κ2) is 7.13. The van der Waals surface area contributed by atoms with Crippen molar-refractivity contribution >= 4 is 15.9 Å². The van der Waals surface area contributed by atoms with Gasteiger partial charge in [-0.1, -0.05) is 12.1 Å². The number of hydrogen-bond donors (Lipinski definition) is 2. The molecule has 1 fully saturated rings. The van der Waals surface area contributed by atoms with E-state index in [9.17, 15) is 22.0 Å². The third-order valence-corrected chi connectivity index (χ3v) is 5.60. The first-order chi connectivity index (χ1) is 12.3. The van der Waals surface area contributed by atoms with Crippen molar-refractivity contribution < 1.29 is 22.0 Å². The minimum Gasteiger partial charge on any atom is -0.345 e. The Labute approximate surface area is 150 Å². The number of nitrogens with one attached hydrogen (secondary N) is 2. The van der Waals surface area contributed by atoms with Gasteiger partial charge >= 0.3 is 0 Å². The second-order valence-corrected chi connectivity index (χ2v) is 8.00. The number of hydrogen-bond acceptors (Lipinski definition) is 3. The van der Waals surface area contributed by atoms with Crippen LogP contribution in [0.25, 0.3) is 0 Å². The number of halogens is 2. The van der Waals surface area contributed by atoms with Crippen LogP contribution in [0.1, 0.15) is 41.7 Å². The van der Waals surface area contributed by atoms with Crippen LogP contribution in [-0.2, 0) is 10.0 Å². The average Bonchev–Trinajstić information content (AvgIpc) is 3.38. The summed E-state index contributed by atoms with van der Waals surface area (Å²) in [5.41, 5.74) is 0.275. The first kappa shape index (κ1) is 18.5. The third kappa shape index (κ3) is 4.25. The molecule has 1 aliphatic rings. The van der Waals surface area contributed by atoms with Crippen molar-refractivity contribution in [2.45, 2.75) is 36.7 Å². The molecule has 1 amide bonds. The summed E-state index contributed by atoms with van der Waals surface area (Å²) in [6, 6.07) is 7.98. The summed E-state index contributed by atoms with van der Waals surface area (Å²) in [7, 11) is -3.68. The summed E-state index contributed by atoms with van der Waals surface area (Å²) in [4.78, 5) is 12.4. The van der Waals surface area contributed by atoms with E-state index in [1.54, 1.807) is 6.92 Å².